The first-order chi connectivity index (χ1) is 17.2. The van der Waals surface area contributed by atoms with Gasteiger partial charge >= 0.3 is 10.1 Å². The molecule has 2 N–H and O–H groups in total. The fraction of sp³-hybridized carbons (Fsp3) is 0.231. The zero-order valence-corrected chi connectivity index (χ0v) is 21.0. The lowest BCUT2D eigenvalue weighted by Gasteiger charge is -2.26. The second kappa shape index (κ2) is 10.00. The second-order valence-corrected chi connectivity index (χ2v) is 9.91. The number of carbonyl (C=O) groups excluding carboxylic acids is 1. The smallest absolute Gasteiger partial charge is 0.311 e. The highest BCUT2D eigenvalue weighted by molar-refractivity contribution is 7.87. The number of ether oxygens (including phenoxy) is 2. The fourth-order valence-corrected chi connectivity index (χ4v) is 4.89. The maximum atomic E-state index is 13.6. The molecular formula is C26H27N3O6S. The number of hydrogen-bond donors (Lipinski definition) is 1. The fourth-order valence-electron chi connectivity index (χ4n) is 4.04. The number of methoxy groups -OCH3 is 2. The average Bonchev–Trinajstić information content (AvgIpc) is 3.12. The first-order valence-electron chi connectivity index (χ1n) is 11.1. The van der Waals surface area contributed by atoms with Crippen molar-refractivity contribution in [2.24, 2.45) is 10.7 Å². The molecule has 1 heterocycles. The van der Waals surface area contributed by atoms with Crippen LogP contribution in [0.2, 0.25) is 0 Å². The van der Waals surface area contributed by atoms with Crippen LogP contribution in [0.25, 0.3) is 11.1 Å². The summed E-state index contributed by atoms with van der Waals surface area (Å²) in [6.07, 6.45) is 0. The summed E-state index contributed by atoms with van der Waals surface area (Å²) in [4.78, 5) is 19.5. The Hall–Kier alpha value is -3.89. The van der Waals surface area contributed by atoms with Crippen molar-refractivity contribution in [3.8, 4) is 22.6 Å². The minimum atomic E-state index is -3.82. The molecule has 1 atom stereocenters. The predicted molar refractivity (Wildman–Crippen MR) is 136 cm³/mol. The van der Waals surface area contributed by atoms with Crippen molar-refractivity contribution >= 4 is 22.0 Å². The highest BCUT2D eigenvalue weighted by Crippen LogP contribution is 2.41. The number of rotatable bonds is 9. The van der Waals surface area contributed by atoms with E-state index in [0.29, 0.717) is 16.9 Å². The molecular weight excluding hydrogens is 482 g/mol. The summed E-state index contributed by atoms with van der Waals surface area (Å²) in [5.41, 5.74) is 7.55. The first kappa shape index (κ1) is 25.2. The van der Waals surface area contributed by atoms with E-state index in [1.54, 1.807) is 26.3 Å². The van der Waals surface area contributed by atoms with Gasteiger partial charge < -0.3 is 19.4 Å². The quantitative estimate of drug-likeness (QED) is 0.440. The van der Waals surface area contributed by atoms with Crippen LogP contribution in [0.3, 0.4) is 0 Å². The van der Waals surface area contributed by atoms with Crippen LogP contribution in [-0.2, 0) is 25.2 Å². The zero-order valence-electron chi connectivity index (χ0n) is 20.2. The topological polar surface area (TPSA) is 121 Å². The minimum absolute atomic E-state index is 0.0159. The van der Waals surface area contributed by atoms with Crippen molar-refractivity contribution < 1.29 is 26.9 Å². The molecule has 0 fully saturated rings. The lowest BCUT2D eigenvalue weighted by Crippen LogP contribution is -2.41. The van der Waals surface area contributed by atoms with Gasteiger partial charge in [0, 0.05) is 14.2 Å². The van der Waals surface area contributed by atoms with E-state index < -0.39 is 15.7 Å². The number of nitrogens with two attached hydrogens (primary N) is 1. The summed E-state index contributed by atoms with van der Waals surface area (Å²) in [7, 11) is 0.754. The molecule has 1 aliphatic heterocycles. The maximum absolute atomic E-state index is 13.6. The highest BCUT2D eigenvalue weighted by Gasteiger charge is 2.49. The number of hydrogen-bond acceptors (Lipinski definition) is 8. The molecule has 1 amide bonds. The molecule has 1 unspecified atom stereocenters. The molecule has 9 nitrogen and oxygen atoms in total. The lowest BCUT2D eigenvalue weighted by atomic mass is 9.81. The summed E-state index contributed by atoms with van der Waals surface area (Å²) in [5.74, 6) is 0.294. The third-order valence-electron chi connectivity index (χ3n) is 5.96. The number of aliphatic imine (C=N–C) groups is 1. The Labute approximate surface area is 210 Å². The van der Waals surface area contributed by atoms with Crippen LogP contribution >= 0.6 is 0 Å². The molecule has 0 saturated carbocycles. The Morgan fingerprint density at radius 2 is 1.58 bits per heavy atom. The Morgan fingerprint density at radius 1 is 0.917 bits per heavy atom. The molecule has 0 radical (unpaired) electrons. The summed E-state index contributed by atoms with van der Waals surface area (Å²) in [6, 6.07) is 21.3. The van der Waals surface area contributed by atoms with Crippen LogP contribution in [0.4, 0.5) is 0 Å². The van der Waals surface area contributed by atoms with Crippen molar-refractivity contribution in [3.63, 3.8) is 0 Å². The van der Waals surface area contributed by atoms with Crippen LogP contribution < -0.4 is 14.7 Å². The Balaban J connectivity index is 1.77. The van der Waals surface area contributed by atoms with E-state index in [1.165, 1.54) is 24.1 Å². The SMILES string of the molecule is COCCS(=O)(=O)Oc1ccc(C2(c3cccc(-c4cccc(OC)c4)c3)N=C(N)N(C)C2=O)cc1. The van der Waals surface area contributed by atoms with Crippen molar-refractivity contribution in [1.82, 2.24) is 4.90 Å². The van der Waals surface area contributed by atoms with Gasteiger partial charge in [-0.2, -0.15) is 8.42 Å². The van der Waals surface area contributed by atoms with Gasteiger partial charge in [-0.25, -0.2) is 4.99 Å². The summed E-state index contributed by atoms with van der Waals surface area (Å²) >= 11 is 0. The molecule has 0 aliphatic carbocycles. The van der Waals surface area contributed by atoms with Gasteiger partial charge in [0.15, 0.2) is 11.5 Å². The minimum Gasteiger partial charge on any atom is -0.497 e. The lowest BCUT2D eigenvalue weighted by molar-refractivity contribution is -0.129. The number of carbonyl (C=O) groups is 1. The Morgan fingerprint density at radius 3 is 2.19 bits per heavy atom. The summed E-state index contributed by atoms with van der Waals surface area (Å²) < 4.78 is 39.6. The number of benzene rings is 3. The number of amides is 1. The van der Waals surface area contributed by atoms with Gasteiger partial charge in [-0.1, -0.05) is 42.5 Å². The zero-order chi connectivity index (χ0) is 25.9. The standard InChI is InChI=1S/C26H27N3O6S/c1-29-24(30)26(28-25(29)27,20-10-12-22(13-11-20)35-36(31,32)15-14-33-2)21-8-4-6-18(16-21)19-7-5-9-23(17-19)34-3/h4-13,16-17H,14-15H2,1-3H3,(H2,27,28). The predicted octanol–water partition coefficient (Wildman–Crippen LogP) is 2.75. The average molecular weight is 510 g/mol. The molecule has 10 heteroatoms. The maximum Gasteiger partial charge on any atom is 0.311 e. The van der Waals surface area contributed by atoms with Crippen LogP contribution in [0.5, 0.6) is 11.5 Å². The highest BCUT2D eigenvalue weighted by atomic mass is 32.2. The van der Waals surface area contributed by atoms with Crippen molar-refractivity contribution in [3.05, 3.63) is 83.9 Å². The van der Waals surface area contributed by atoms with E-state index in [0.717, 1.165) is 11.1 Å². The van der Waals surface area contributed by atoms with Crippen molar-refractivity contribution in [2.45, 2.75) is 5.54 Å². The van der Waals surface area contributed by atoms with E-state index >= 15 is 0 Å². The van der Waals surface area contributed by atoms with E-state index in [4.69, 9.17) is 19.4 Å². The van der Waals surface area contributed by atoms with Crippen LogP contribution in [-0.4, -0.2) is 58.8 Å². The summed E-state index contributed by atoms with van der Waals surface area (Å²) in [6.45, 7) is 0.0159. The molecule has 188 valence electrons. The van der Waals surface area contributed by atoms with E-state index in [9.17, 15) is 13.2 Å². The third kappa shape index (κ3) is 4.77. The van der Waals surface area contributed by atoms with Crippen LogP contribution in [0.1, 0.15) is 11.1 Å². The molecule has 0 bridgehead atoms. The molecule has 0 saturated heterocycles. The van der Waals surface area contributed by atoms with Gasteiger partial charge in [0.2, 0.25) is 0 Å². The normalized spacial score (nSPS) is 17.7. The number of guanidine groups is 1. The largest absolute Gasteiger partial charge is 0.497 e. The molecule has 0 aromatic heterocycles. The molecule has 1 aliphatic rings. The van der Waals surface area contributed by atoms with Gasteiger partial charge in [0.1, 0.15) is 17.3 Å². The van der Waals surface area contributed by atoms with E-state index in [2.05, 4.69) is 4.99 Å². The molecule has 3 aromatic rings. The van der Waals surface area contributed by atoms with Crippen LogP contribution in [0, 0.1) is 0 Å². The third-order valence-corrected chi connectivity index (χ3v) is 7.07. The second-order valence-electron chi connectivity index (χ2n) is 8.22. The number of nitrogens with zero attached hydrogens (tertiary/aromatic N) is 2. The number of likely N-dealkylation sites (N-methyl/N-ethyl adjacent to an activating group) is 1. The van der Waals surface area contributed by atoms with Gasteiger partial charge in [-0.15, -0.1) is 0 Å². The molecule has 4 rings (SSSR count). The van der Waals surface area contributed by atoms with Crippen molar-refractivity contribution in [1.29, 1.82) is 0 Å². The van der Waals surface area contributed by atoms with Crippen molar-refractivity contribution in [2.75, 3.05) is 33.6 Å². The summed E-state index contributed by atoms with van der Waals surface area (Å²) in [5, 5.41) is 0. The monoisotopic (exact) mass is 509 g/mol. The molecule has 0 spiro atoms. The van der Waals surface area contributed by atoms with Gasteiger partial charge in [0.25, 0.3) is 5.91 Å². The van der Waals surface area contributed by atoms with Gasteiger partial charge in [-0.3, -0.25) is 9.69 Å². The Bertz CT molecular complexity index is 1410. The van der Waals surface area contributed by atoms with E-state index in [1.807, 2.05) is 48.5 Å². The molecule has 36 heavy (non-hydrogen) atoms. The van der Waals surface area contributed by atoms with E-state index in [-0.39, 0.29) is 30.0 Å². The van der Waals surface area contributed by atoms with Gasteiger partial charge in [-0.05, 0) is 52.6 Å². The first-order valence-corrected chi connectivity index (χ1v) is 12.7. The molecule has 3 aromatic carbocycles. The van der Waals surface area contributed by atoms with Gasteiger partial charge in [0.05, 0.1) is 13.7 Å². The Kier molecular flexibility index (Phi) is 7.00. The van der Waals surface area contributed by atoms with Crippen LogP contribution in [0.15, 0.2) is 77.8 Å².